The number of carbonyl (C=O) groups excluding carboxylic acids is 2. The number of anilines is 1. The minimum absolute atomic E-state index is 0.122. The predicted molar refractivity (Wildman–Crippen MR) is 120 cm³/mol. The number of benzene rings is 1. The van der Waals surface area contributed by atoms with Crippen LogP contribution in [0.2, 0.25) is 5.02 Å². The van der Waals surface area contributed by atoms with Crippen molar-refractivity contribution in [2.75, 3.05) is 17.8 Å². The fourth-order valence-electron chi connectivity index (χ4n) is 2.70. The Morgan fingerprint density at radius 2 is 2.23 bits per heavy atom. The van der Waals surface area contributed by atoms with Gasteiger partial charge in [-0.05, 0) is 37.3 Å². The molecule has 2 aromatic rings. The molecule has 1 aromatic heterocycles. The minimum Gasteiger partial charge on any atom is -0.495 e. The van der Waals surface area contributed by atoms with E-state index in [0.717, 1.165) is 11.8 Å². The summed E-state index contributed by atoms with van der Waals surface area (Å²) in [6.45, 7) is 1.48. The highest BCUT2D eigenvalue weighted by Gasteiger charge is 2.33. The third-order valence-electron chi connectivity index (χ3n) is 4.16. The highest BCUT2D eigenvalue weighted by atomic mass is 35.5. The van der Waals surface area contributed by atoms with Gasteiger partial charge in [0.2, 0.25) is 0 Å². The van der Waals surface area contributed by atoms with Crippen molar-refractivity contribution < 1.29 is 18.7 Å². The standard InChI is InChI=1S/C21H17ClN4O4S/c1-12(24)15(10-23)18(27)11-31-21-25-17(9-14-4-3-7-30-14)20(28)26(21)13-5-6-19(29-2)16(22)8-13/h3-9H,11,24H2,1-2H3. The number of halogens is 1. The molecular formula is C21H17ClN4O4S. The van der Waals surface area contributed by atoms with Gasteiger partial charge in [0, 0.05) is 11.8 Å². The first-order chi connectivity index (χ1) is 14.8. The second kappa shape index (κ2) is 9.55. The number of hydrogen-bond donors (Lipinski definition) is 1. The molecule has 0 atom stereocenters. The van der Waals surface area contributed by atoms with Crippen LogP contribution in [0.15, 0.2) is 63.0 Å². The fraction of sp³-hybridized carbons (Fsp3) is 0.143. The molecule has 0 fully saturated rings. The van der Waals surface area contributed by atoms with Crippen LogP contribution in [0, 0.1) is 11.3 Å². The average molecular weight is 457 g/mol. The number of aliphatic imine (C=N–C) groups is 1. The summed E-state index contributed by atoms with van der Waals surface area (Å²) >= 11 is 7.24. The number of hydrogen-bond acceptors (Lipinski definition) is 8. The van der Waals surface area contributed by atoms with Gasteiger partial charge < -0.3 is 14.9 Å². The molecule has 2 N–H and O–H groups in total. The van der Waals surface area contributed by atoms with E-state index in [1.807, 2.05) is 0 Å². The van der Waals surface area contributed by atoms with Crippen LogP contribution in [0.25, 0.3) is 6.08 Å². The summed E-state index contributed by atoms with van der Waals surface area (Å²) in [5, 5.41) is 9.70. The molecule has 0 radical (unpaired) electrons. The van der Waals surface area contributed by atoms with Crippen molar-refractivity contribution >= 4 is 52.0 Å². The Kier molecular flexibility index (Phi) is 6.84. The Labute approximate surface area is 187 Å². The number of amides is 1. The van der Waals surface area contributed by atoms with Crippen molar-refractivity contribution in [3.63, 3.8) is 0 Å². The Hall–Kier alpha value is -3.48. The lowest BCUT2D eigenvalue weighted by molar-refractivity contribution is -0.114. The number of Topliss-reactive ketones (excluding diaryl/α,β-unsaturated/α-hetero) is 1. The topological polar surface area (TPSA) is 122 Å². The van der Waals surface area contributed by atoms with E-state index >= 15 is 0 Å². The van der Waals surface area contributed by atoms with E-state index in [2.05, 4.69) is 4.99 Å². The van der Waals surface area contributed by atoms with Crippen LogP contribution in [0.3, 0.4) is 0 Å². The van der Waals surface area contributed by atoms with Gasteiger partial charge in [-0.25, -0.2) is 4.99 Å². The van der Waals surface area contributed by atoms with Crippen LogP contribution in [-0.2, 0) is 9.59 Å². The second-order valence-corrected chi connectivity index (χ2v) is 7.63. The summed E-state index contributed by atoms with van der Waals surface area (Å²) in [4.78, 5) is 31.2. The number of ether oxygens (including phenoxy) is 1. The van der Waals surface area contributed by atoms with Crippen LogP contribution >= 0.6 is 23.4 Å². The van der Waals surface area contributed by atoms with Crippen molar-refractivity contribution in [2.45, 2.75) is 6.92 Å². The molecular weight excluding hydrogens is 440 g/mol. The van der Waals surface area contributed by atoms with Gasteiger partial charge in [0.05, 0.1) is 29.8 Å². The summed E-state index contributed by atoms with van der Waals surface area (Å²) < 4.78 is 10.4. The monoisotopic (exact) mass is 456 g/mol. The summed E-state index contributed by atoms with van der Waals surface area (Å²) in [5.74, 6) is -0.0992. The number of ketones is 1. The zero-order valence-corrected chi connectivity index (χ0v) is 18.2. The summed E-state index contributed by atoms with van der Waals surface area (Å²) in [7, 11) is 1.49. The maximum Gasteiger partial charge on any atom is 0.283 e. The van der Waals surface area contributed by atoms with Crippen LogP contribution in [0.1, 0.15) is 12.7 Å². The maximum atomic E-state index is 13.1. The molecule has 31 heavy (non-hydrogen) atoms. The van der Waals surface area contributed by atoms with Gasteiger partial charge in [-0.15, -0.1) is 0 Å². The normalized spacial score (nSPS) is 15.5. The molecule has 3 rings (SSSR count). The van der Waals surface area contributed by atoms with Gasteiger partial charge >= 0.3 is 0 Å². The number of furan rings is 1. The molecule has 0 unspecified atom stereocenters. The lowest BCUT2D eigenvalue weighted by Gasteiger charge is -2.18. The molecule has 0 saturated heterocycles. The van der Waals surface area contributed by atoms with E-state index in [1.165, 1.54) is 31.3 Å². The number of rotatable bonds is 6. The number of thioether (sulfide) groups is 1. The molecule has 1 aliphatic rings. The smallest absolute Gasteiger partial charge is 0.283 e. The molecule has 1 aromatic carbocycles. The third-order valence-corrected chi connectivity index (χ3v) is 5.40. The van der Waals surface area contributed by atoms with Gasteiger partial charge in [-0.2, -0.15) is 5.26 Å². The Balaban J connectivity index is 1.95. The Morgan fingerprint density at radius 3 is 2.81 bits per heavy atom. The van der Waals surface area contributed by atoms with Crippen molar-refractivity contribution in [3.05, 3.63) is 64.3 Å². The van der Waals surface area contributed by atoms with Gasteiger partial charge in [0.1, 0.15) is 28.8 Å². The third kappa shape index (κ3) is 4.82. The van der Waals surface area contributed by atoms with Gasteiger partial charge in [0.15, 0.2) is 11.0 Å². The van der Waals surface area contributed by atoms with Crippen molar-refractivity contribution in [3.8, 4) is 11.8 Å². The van der Waals surface area contributed by atoms with Crippen LogP contribution in [0.5, 0.6) is 5.75 Å². The zero-order valence-electron chi connectivity index (χ0n) is 16.6. The number of amidine groups is 1. The Morgan fingerprint density at radius 1 is 1.45 bits per heavy atom. The number of methoxy groups -OCH3 is 1. The molecule has 0 saturated carbocycles. The summed E-state index contributed by atoms with van der Waals surface area (Å²) in [5.41, 5.74) is 6.19. The lowest BCUT2D eigenvalue weighted by Crippen LogP contribution is -2.31. The van der Waals surface area contributed by atoms with Gasteiger partial charge in [0.25, 0.3) is 5.91 Å². The van der Waals surface area contributed by atoms with Crippen molar-refractivity contribution in [1.29, 1.82) is 5.26 Å². The van der Waals surface area contributed by atoms with Crippen molar-refractivity contribution in [1.82, 2.24) is 0 Å². The number of allylic oxidation sites excluding steroid dienone is 2. The van der Waals surface area contributed by atoms with Crippen LogP contribution in [0.4, 0.5) is 5.69 Å². The van der Waals surface area contributed by atoms with E-state index in [0.29, 0.717) is 22.2 Å². The van der Waals surface area contributed by atoms with Gasteiger partial charge in [-0.3, -0.25) is 14.5 Å². The van der Waals surface area contributed by atoms with E-state index < -0.39 is 11.7 Å². The first-order valence-electron chi connectivity index (χ1n) is 8.90. The van der Waals surface area contributed by atoms with E-state index in [9.17, 15) is 9.59 Å². The predicted octanol–water partition coefficient (Wildman–Crippen LogP) is 3.74. The molecule has 0 bridgehead atoms. The number of nitrogens with zero attached hydrogens (tertiary/aromatic N) is 3. The summed E-state index contributed by atoms with van der Waals surface area (Å²) in [6.07, 6.45) is 2.98. The van der Waals surface area contributed by atoms with Crippen LogP contribution in [-0.4, -0.2) is 29.7 Å². The first-order valence-corrected chi connectivity index (χ1v) is 10.3. The maximum absolute atomic E-state index is 13.1. The number of nitrogens with two attached hydrogens (primary N) is 1. The molecule has 2 heterocycles. The largest absolute Gasteiger partial charge is 0.495 e. The highest BCUT2D eigenvalue weighted by Crippen LogP contribution is 2.34. The molecule has 0 aliphatic carbocycles. The van der Waals surface area contributed by atoms with E-state index in [4.69, 9.17) is 31.8 Å². The summed E-state index contributed by atoms with van der Waals surface area (Å²) in [6, 6.07) is 10.0. The zero-order chi connectivity index (χ0) is 22.5. The second-order valence-electron chi connectivity index (χ2n) is 6.28. The van der Waals surface area contributed by atoms with Crippen molar-refractivity contribution in [2.24, 2.45) is 10.7 Å². The van der Waals surface area contributed by atoms with Gasteiger partial charge in [-0.1, -0.05) is 23.4 Å². The molecule has 8 nitrogen and oxygen atoms in total. The molecule has 158 valence electrons. The van der Waals surface area contributed by atoms with E-state index in [-0.39, 0.29) is 27.9 Å². The molecule has 0 spiro atoms. The Bertz CT molecular complexity index is 1160. The first kappa shape index (κ1) is 22.2. The minimum atomic E-state index is -0.459. The number of nitriles is 1. The van der Waals surface area contributed by atoms with Crippen LogP contribution < -0.4 is 15.4 Å². The molecule has 1 aliphatic heterocycles. The molecule has 10 heteroatoms. The fourth-order valence-corrected chi connectivity index (χ4v) is 3.83. The highest BCUT2D eigenvalue weighted by molar-refractivity contribution is 8.14. The molecule has 1 amide bonds. The average Bonchev–Trinajstić information content (AvgIpc) is 3.35. The van der Waals surface area contributed by atoms with E-state index in [1.54, 1.807) is 36.4 Å². The quantitative estimate of drug-likeness (QED) is 0.518. The SMILES string of the molecule is COc1ccc(N2C(=O)C(=Cc3ccco3)N=C2SCC(=O)C(C#N)=C(C)N)cc1Cl. The number of carbonyl (C=O) groups is 2. The lowest BCUT2D eigenvalue weighted by atomic mass is 10.2.